The maximum absolute atomic E-state index is 5.69. The fraction of sp³-hybridized carbons (Fsp3) is 0.400. The Morgan fingerprint density at radius 3 is 2.93 bits per heavy atom. The number of nitrogens with zero attached hydrogens (tertiary/aromatic N) is 2. The molecule has 14 heavy (non-hydrogen) atoms. The number of aromatic nitrogens is 2. The maximum Gasteiger partial charge on any atom is 0.222 e. The van der Waals surface area contributed by atoms with E-state index in [1.165, 1.54) is 6.33 Å². The largest absolute Gasteiger partial charge is 0.473 e. The van der Waals surface area contributed by atoms with Gasteiger partial charge in [0.2, 0.25) is 5.88 Å². The van der Waals surface area contributed by atoms with Crippen LogP contribution in [0.25, 0.3) is 0 Å². The summed E-state index contributed by atoms with van der Waals surface area (Å²) in [5.41, 5.74) is 6.56. The van der Waals surface area contributed by atoms with Gasteiger partial charge in [-0.1, -0.05) is 19.1 Å². The number of ether oxygens (including phenoxy) is 1. The first-order chi connectivity index (χ1) is 6.79. The van der Waals surface area contributed by atoms with Gasteiger partial charge in [-0.3, -0.25) is 0 Å². The molecule has 0 amide bonds. The highest BCUT2D eigenvalue weighted by molar-refractivity contribution is 5.44. The molecule has 2 N–H and O–H groups in total. The fourth-order valence-electron chi connectivity index (χ4n) is 1.09. The van der Waals surface area contributed by atoms with Crippen molar-refractivity contribution < 1.29 is 4.74 Å². The molecule has 0 aliphatic rings. The van der Waals surface area contributed by atoms with E-state index < -0.39 is 0 Å². The van der Waals surface area contributed by atoms with E-state index in [1.807, 2.05) is 26.0 Å². The smallest absolute Gasteiger partial charge is 0.222 e. The van der Waals surface area contributed by atoms with Gasteiger partial charge in [-0.15, -0.1) is 0 Å². The molecule has 0 saturated heterocycles. The quantitative estimate of drug-likeness (QED) is 0.737. The molecule has 0 aliphatic heterocycles. The van der Waals surface area contributed by atoms with Gasteiger partial charge in [-0.05, 0) is 13.3 Å². The van der Waals surface area contributed by atoms with Crippen LogP contribution in [0, 0.1) is 0 Å². The van der Waals surface area contributed by atoms with Gasteiger partial charge < -0.3 is 10.5 Å². The predicted octanol–water partition coefficient (Wildman–Crippen LogP) is 1.58. The predicted molar refractivity (Wildman–Crippen MR) is 56.1 cm³/mol. The topological polar surface area (TPSA) is 61.0 Å². The molecule has 4 heteroatoms. The summed E-state index contributed by atoms with van der Waals surface area (Å²) in [5.74, 6) is 1.08. The van der Waals surface area contributed by atoms with Gasteiger partial charge in [0, 0.05) is 0 Å². The second-order valence-electron chi connectivity index (χ2n) is 2.78. The standard InChI is InChI=1S/C10H15N3O/c1-3-5-6-14-10-8(4-2)9(11)12-7-13-10/h3,5,7H,4,6H2,1-2H3,(H2,11,12,13)/b5-3+. The van der Waals surface area contributed by atoms with Crippen molar-refractivity contribution in [3.05, 3.63) is 24.0 Å². The molecule has 0 radical (unpaired) electrons. The molecule has 4 nitrogen and oxygen atoms in total. The first-order valence-corrected chi connectivity index (χ1v) is 4.62. The third kappa shape index (κ3) is 2.45. The Kier molecular flexibility index (Phi) is 3.91. The van der Waals surface area contributed by atoms with Crippen LogP contribution < -0.4 is 10.5 Å². The van der Waals surface area contributed by atoms with E-state index in [0.29, 0.717) is 18.3 Å². The van der Waals surface area contributed by atoms with E-state index in [-0.39, 0.29) is 0 Å². The second kappa shape index (κ2) is 5.21. The van der Waals surface area contributed by atoms with Crippen LogP contribution in [0.15, 0.2) is 18.5 Å². The molecule has 1 aromatic rings. The number of nitrogens with two attached hydrogens (primary N) is 1. The number of rotatable bonds is 4. The van der Waals surface area contributed by atoms with E-state index in [1.54, 1.807) is 0 Å². The molecule has 0 aliphatic carbocycles. The van der Waals surface area contributed by atoms with Crippen LogP contribution in [0.3, 0.4) is 0 Å². The summed E-state index contributed by atoms with van der Waals surface area (Å²) >= 11 is 0. The molecule has 1 rings (SSSR count). The number of allylic oxidation sites excluding steroid dienone is 1. The lowest BCUT2D eigenvalue weighted by Crippen LogP contribution is -2.04. The zero-order valence-electron chi connectivity index (χ0n) is 8.53. The molecule has 0 spiro atoms. The molecule has 0 bridgehead atoms. The normalized spacial score (nSPS) is 10.7. The third-order valence-corrected chi connectivity index (χ3v) is 1.84. The van der Waals surface area contributed by atoms with Crippen LogP contribution in [-0.4, -0.2) is 16.6 Å². The average Bonchev–Trinajstić information content (AvgIpc) is 2.18. The van der Waals surface area contributed by atoms with Gasteiger partial charge in [0.05, 0.1) is 5.56 Å². The van der Waals surface area contributed by atoms with E-state index in [9.17, 15) is 0 Å². The Hall–Kier alpha value is -1.58. The van der Waals surface area contributed by atoms with E-state index in [4.69, 9.17) is 10.5 Å². The second-order valence-corrected chi connectivity index (χ2v) is 2.78. The van der Waals surface area contributed by atoms with Crippen LogP contribution >= 0.6 is 0 Å². The van der Waals surface area contributed by atoms with Gasteiger partial charge in [0.15, 0.2) is 0 Å². The Bertz CT molecular complexity index is 323. The summed E-state index contributed by atoms with van der Waals surface area (Å²) < 4.78 is 5.43. The minimum absolute atomic E-state index is 0.498. The number of anilines is 1. The lowest BCUT2D eigenvalue weighted by molar-refractivity contribution is 0.343. The zero-order valence-corrected chi connectivity index (χ0v) is 8.53. The van der Waals surface area contributed by atoms with Crippen molar-refractivity contribution in [2.75, 3.05) is 12.3 Å². The number of nitrogen functional groups attached to an aromatic ring is 1. The highest BCUT2D eigenvalue weighted by Crippen LogP contribution is 2.19. The van der Waals surface area contributed by atoms with E-state index in [0.717, 1.165) is 12.0 Å². The molecular weight excluding hydrogens is 178 g/mol. The molecule has 0 saturated carbocycles. The summed E-state index contributed by atoms with van der Waals surface area (Å²) in [7, 11) is 0. The maximum atomic E-state index is 5.69. The molecule has 1 heterocycles. The highest BCUT2D eigenvalue weighted by Gasteiger charge is 2.07. The van der Waals surface area contributed by atoms with Crippen molar-refractivity contribution >= 4 is 5.82 Å². The van der Waals surface area contributed by atoms with E-state index in [2.05, 4.69) is 9.97 Å². The van der Waals surface area contributed by atoms with Crippen LogP contribution in [0.2, 0.25) is 0 Å². The van der Waals surface area contributed by atoms with Gasteiger partial charge in [-0.2, -0.15) is 0 Å². The monoisotopic (exact) mass is 193 g/mol. The summed E-state index contributed by atoms with van der Waals surface area (Å²) in [6.45, 7) is 4.45. The Balaban J connectivity index is 2.79. The van der Waals surface area contributed by atoms with Crippen LogP contribution in [0.5, 0.6) is 5.88 Å². The van der Waals surface area contributed by atoms with Crippen molar-refractivity contribution in [3.63, 3.8) is 0 Å². The lowest BCUT2D eigenvalue weighted by atomic mass is 10.2. The molecule has 76 valence electrons. The fourth-order valence-corrected chi connectivity index (χ4v) is 1.09. The first kappa shape index (κ1) is 10.5. The van der Waals surface area contributed by atoms with Gasteiger partial charge in [0.1, 0.15) is 18.8 Å². The average molecular weight is 193 g/mol. The minimum Gasteiger partial charge on any atom is -0.473 e. The van der Waals surface area contributed by atoms with Gasteiger partial charge >= 0.3 is 0 Å². The summed E-state index contributed by atoms with van der Waals surface area (Å²) in [4.78, 5) is 7.94. The Morgan fingerprint density at radius 2 is 2.29 bits per heavy atom. The van der Waals surface area contributed by atoms with Crippen LogP contribution in [0.4, 0.5) is 5.82 Å². The first-order valence-electron chi connectivity index (χ1n) is 4.62. The molecule has 0 fully saturated rings. The van der Waals surface area contributed by atoms with E-state index >= 15 is 0 Å². The summed E-state index contributed by atoms with van der Waals surface area (Å²) in [6.07, 6.45) is 6.03. The Morgan fingerprint density at radius 1 is 1.50 bits per heavy atom. The SMILES string of the molecule is C/C=C/COc1ncnc(N)c1CC. The molecule has 0 atom stereocenters. The lowest BCUT2D eigenvalue weighted by Gasteiger charge is -2.08. The van der Waals surface area contributed by atoms with Gasteiger partial charge in [0.25, 0.3) is 0 Å². The van der Waals surface area contributed by atoms with Crippen molar-refractivity contribution in [1.29, 1.82) is 0 Å². The van der Waals surface area contributed by atoms with Crippen LogP contribution in [-0.2, 0) is 6.42 Å². The minimum atomic E-state index is 0.498. The molecule has 0 unspecified atom stereocenters. The number of hydrogen-bond acceptors (Lipinski definition) is 4. The van der Waals surface area contributed by atoms with Crippen LogP contribution in [0.1, 0.15) is 19.4 Å². The molecule has 0 aromatic carbocycles. The van der Waals surface area contributed by atoms with Crippen molar-refractivity contribution in [3.8, 4) is 5.88 Å². The van der Waals surface area contributed by atoms with Gasteiger partial charge in [-0.25, -0.2) is 9.97 Å². The zero-order chi connectivity index (χ0) is 10.4. The van der Waals surface area contributed by atoms with Crippen molar-refractivity contribution in [2.45, 2.75) is 20.3 Å². The third-order valence-electron chi connectivity index (χ3n) is 1.84. The molecular formula is C10H15N3O. The summed E-state index contributed by atoms with van der Waals surface area (Å²) in [5, 5.41) is 0. The van der Waals surface area contributed by atoms with Crippen molar-refractivity contribution in [1.82, 2.24) is 9.97 Å². The Labute approximate surface area is 83.8 Å². The highest BCUT2D eigenvalue weighted by atomic mass is 16.5. The summed E-state index contributed by atoms with van der Waals surface area (Å²) in [6, 6.07) is 0. The molecule has 1 aromatic heterocycles. The number of hydrogen-bond donors (Lipinski definition) is 1. The van der Waals surface area contributed by atoms with Crippen molar-refractivity contribution in [2.24, 2.45) is 0 Å².